The minimum Gasteiger partial charge on any atom is -0.442 e. The van der Waals surface area contributed by atoms with Gasteiger partial charge in [0.2, 0.25) is 5.91 Å². The van der Waals surface area contributed by atoms with Crippen LogP contribution in [0.5, 0.6) is 0 Å². The summed E-state index contributed by atoms with van der Waals surface area (Å²) < 4.78 is 32.6. The average Bonchev–Trinajstić information content (AvgIpc) is 3.16. The van der Waals surface area contributed by atoms with E-state index in [-0.39, 0.29) is 31.7 Å². The number of amides is 2. The summed E-state index contributed by atoms with van der Waals surface area (Å²) in [5.74, 6) is -0.138. The van der Waals surface area contributed by atoms with E-state index in [1.165, 1.54) is 17.9 Å². The molecule has 3 aliphatic rings. The largest absolute Gasteiger partial charge is 0.442 e. The predicted molar refractivity (Wildman–Crippen MR) is 99.7 cm³/mol. The second kappa shape index (κ2) is 7.54. The van der Waals surface area contributed by atoms with Crippen molar-refractivity contribution in [2.24, 2.45) is 5.92 Å². The summed E-state index contributed by atoms with van der Waals surface area (Å²) in [6.07, 6.45) is -1.01. The van der Waals surface area contributed by atoms with E-state index in [9.17, 15) is 18.4 Å². The molecule has 0 radical (unpaired) electrons. The summed E-state index contributed by atoms with van der Waals surface area (Å²) in [5.41, 5.74) is 0.939. The topological polar surface area (TPSA) is 65.1 Å². The zero-order chi connectivity index (χ0) is 19.8. The van der Waals surface area contributed by atoms with Crippen molar-refractivity contribution in [3.8, 4) is 0 Å². The first kappa shape index (κ1) is 18.9. The van der Waals surface area contributed by atoms with Gasteiger partial charge in [-0.05, 0) is 18.2 Å². The van der Waals surface area contributed by atoms with Gasteiger partial charge in [0.05, 0.1) is 24.5 Å². The molecule has 3 fully saturated rings. The fourth-order valence-electron chi connectivity index (χ4n) is 4.30. The molecule has 1 aromatic rings. The molecule has 28 heavy (non-hydrogen) atoms. The first-order valence-corrected chi connectivity index (χ1v) is 9.53. The lowest BCUT2D eigenvalue weighted by Gasteiger charge is -2.45. The molecule has 0 aromatic heterocycles. The maximum Gasteiger partial charge on any atom is 0.414 e. The summed E-state index contributed by atoms with van der Waals surface area (Å²) in [4.78, 5) is 28.6. The Bertz CT molecular complexity index is 778. The molecule has 3 atom stereocenters. The van der Waals surface area contributed by atoms with E-state index >= 15 is 0 Å². The highest BCUT2D eigenvalue weighted by atomic mass is 19.1. The zero-order valence-electron chi connectivity index (χ0n) is 15.7. The van der Waals surface area contributed by atoms with Gasteiger partial charge in [0.15, 0.2) is 0 Å². The number of alkyl halides is 1. The normalized spacial score (nSPS) is 26.8. The van der Waals surface area contributed by atoms with Gasteiger partial charge in [-0.1, -0.05) is 0 Å². The minimum absolute atomic E-state index is 0.199. The van der Waals surface area contributed by atoms with Crippen molar-refractivity contribution < 1.29 is 23.1 Å². The Hall–Kier alpha value is -2.42. The van der Waals surface area contributed by atoms with E-state index in [2.05, 4.69) is 10.2 Å². The number of nitrogens with one attached hydrogen (secondary N) is 1. The fraction of sp³-hybridized carbons (Fsp3) is 0.579. The third-order valence-corrected chi connectivity index (χ3v) is 5.72. The van der Waals surface area contributed by atoms with Gasteiger partial charge in [-0.15, -0.1) is 0 Å². The molecule has 2 amide bonds. The number of carbonyl (C=O) groups is 2. The second-order valence-electron chi connectivity index (χ2n) is 7.62. The molecule has 1 aromatic carbocycles. The molecule has 0 bridgehead atoms. The van der Waals surface area contributed by atoms with Crippen LogP contribution in [0.15, 0.2) is 18.2 Å². The molecule has 1 N–H and O–H groups in total. The lowest BCUT2D eigenvalue weighted by Crippen LogP contribution is -2.56. The van der Waals surface area contributed by atoms with Crippen LogP contribution in [0.25, 0.3) is 0 Å². The van der Waals surface area contributed by atoms with Crippen LogP contribution < -0.4 is 15.1 Å². The Balaban J connectivity index is 1.41. The van der Waals surface area contributed by atoms with E-state index in [0.29, 0.717) is 23.8 Å². The van der Waals surface area contributed by atoms with Crippen molar-refractivity contribution in [1.29, 1.82) is 0 Å². The number of hydrogen-bond donors (Lipinski definition) is 1. The maximum atomic E-state index is 14.8. The molecule has 3 aliphatic heterocycles. The number of hydrogen-bond acceptors (Lipinski definition) is 5. The van der Waals surface area contributed by atoms with Crippen LogP contribution in [0.2, 0.25) is 0 Å². The van der Waals surface area contributed by atoms with Gasteiger partial charge < -0.3 is 15.0 Å². The number of rotatable bonds is 6. The van der Waals surface area contributed by atoms with Gasteiger partial charge >= 0.3 is 6.09 Å². The summed E-state index contributed by atoms with van der Waals surface area (Å²) in [6.45, 7) is 4.31. The van der Waals surface area contributed by atoms with Gasteiger partial charge in [0.25, 0.3) is 0 Å². The van der Waals surface area contributed by atoms with E-state index in [4.69, 9.17) is 4.74 Å². The van der Waals surface area contributed by atoms with Crippen LogP contribution in [0.4, 0.5) is 25.0 Å². The molecule has 3 saturated heterocycles. The van der Waals surface area contributed by atoms with Crippen LogP contribution in [0.3, 0.4) is 0 Å². The van der Waals surface area contributed by atoms with Gasteiger partial charge in [-0.3, -0.25) is 14.6 Å². The average molecular weight is 394 g/mol. The van der Waals surface area contributed by atoms with E-state index in [1.807, 2.05) is 4.90 Å². The smallest absolute Gasteiger partial charge is 0.414 e. The number of anilines is 2. The summed E-state index contributed by atoms with van der Waals surface area (Å²) in [6, 6.07) is 4.96. The quantitative estimate of drug-likeness (QED) is 0.790. The van der Waals surface area contributed by atoms with Crippen LogP contribution in [-0.2, 0) is 9.53 Å². The van der Waals surface area contributed by atoms with E-state index < -0.39 is 18.0 Å². The van der Waals surface area contributed by atoms with Crippen LogP contribution >= 0.6 is 0 Å². The number of nitrogens with zero attached hydrogens (tertiary/aromatic N) is 3. The van der Waals surface area contributed by atoms with Gasteiger partial charge in [-0.2, -0.15) is 0 Å². The van der Waals surface area contributed by atoms with Crippen LogP contribution in [0.1, 0.15) is 6.92 Å². The highest BCUT2D eigenvalue weighted by Gasteiger charge is 2.46. The second-order valence-corrected chi connectivity index (χ2v) is 7.62. The predicted octanol–water partition coefficient (Wildman–Crippen LogP) is 1.38. The highest BCUT2D eigenvalue weighted by Crippen LogP contribution is 2.38. The lowest BCUT2D eigenvalue weighted by molar-refractivity contribution is -0.119. The summed E-state index contributed by atoms with van der Waals surface area (Å²) in [7, 11) is 0. The third-order valence-electron chi connectivity index (χ3n) is 5.72. The van der Waals surface area contributed by atoms with Crippen molar-refractivity contribution in [2.45, 2.75) is 19.1 Å². The van der Waals surface area contributed by atoms with Crippen LogP contribution in [-0.4, -0.2) is 75.0 Å². The molecule has 0 aliphatic carbocycles. The Morgan fingerprint density at radius 1 is 1.29 bits per heavy atom. The van der Waals surface area contributed by atoms with E-state index in [1.54, 1.807) is 12.1 Å². The Morgan fingerprint density at radius 2 is 2.11 bits per heavy atom. The number of carbonyl (C=O) groups excluding carboxylic acids is 2. The minimum atomic E-state index is -0.552. The Morgan fingerprint density at radius 3 is 2.82 bits per heavy atom. The molecule has 7 nitrogen and oxygen atoms in total. The van der Waals surface area contributed by atoms with Crippen molar-refractivity contribution in [3.63, 3.8) is 0 Å². The van der Waals surface area contributed by atoms with Crippen molar-refractivity contribution in [2.75, 3.05) is 55.7 Å². The summed E-state index contributed by atoms with van der Waals surface area (Å²) in [5, 5.41) is 2.61. The van der Waals surface area contributed by atoms with Gasteiger partial charge in [0, 0.05) is 45.1 Å². The zero-order valence-corrected chi connectivity index (χ0v) is 15.7. The van der Waals surface area contributed by atoms with Crippen LogP contribution in [0, 0.1) is 11.7 Å². The highest BCUT2D eigenvalue weighted by molar-refractivity contribution is 5.90. The van der Waals surface area contributed by atoms with Gasteiger partial charge in [-0.25, -0.2) is 13.6 Å². The number of fused-ring (bicyclic) bond motifs is 1. The lowest BCUT2D eigenvalue weighted by atomic mass is 9.91. The standard InChI is InChI=1S/C19H24F2N4O3/c1-12(26)22-7-15-10-24(19(27)28-15)14-2-3-17(16(21)6-14)25-9-13-8-23(5-4-20)11-18(13)25/h2-3,6,13,15,18H,4-5,7-11H2,1H3,(H,22,26)/t13-,15+,18-/m1/s1. The maximum absolute atomic E-state index is 14.8. The van der Waals surface area contributed by atoms with E-state index in [0.717, 1.165) is 19.6 Å². The monoisotopic (exact) mass is 394 g/mol. The molecule has 0 unspecified atom stereocenters. The SMILES string of the molecule is CC(=O)NC[C@H]1CN(c2ccc(N3C[C@H]4CN(CCF)C[C@H]43)c(F)c2)C(=O)O1. The molecule has 4 rings (SSSR count). The number of benzene rings is 1. The first-order chi connectivity index (χ1) is 13.5. The first-order valence-electron chi connectivity index (χ1n) is 9.53. The molecular weight excluding hydrogens is 370 g/mol. The third kappa shape index (κ3) is 3.50. The van der Waals surface area contributed by atoms with Crippen molar-refractivity contribution in [1.82, 2.24) is 10.2 Å². The molecule has 0 spiro atoms. The molecule has 9 heteroatoms. The fourth-order valence-corrected chi connectivity index (χ4v) is 4.30. The van der Waals surface area contributed by atoms with Crippen molar-refractivity contribution >= 4 is 23.4 Å². The Kier molecular flexibility index (Phi) is 5.09. The molecule has 3 heterocycles. The van der Waals surface area contributed by atoms with Crippen molar-refractivity contribution in [3.05, 3.63) is 24.0 Å². The number of halogens is 2. The Labute approximate surface area is 162 Å². The summed E-state index contributed by atoms with van der Waals surface area (Å²) >= 11 is 0. The number of ether oxygens (including phenoxy) is 1. The number of likely N-dealkylation sites (tertiary alicyclic amines) is 1. The molecular formula is C19H24F2N4O3. The molecule has 152 valence electrons. The molecule has 0 saturated carbocycles. The number of cyclic esters (lactones) is 1. The van der Waals surface area contributed by atoms with Gasteiger partial charge in [0.1, 0.15) is 18.6 Å².